The molecule has 0 spiro atoms. The minimum absolute atomic E-state index is 0.0793. The third kappa shape index (κ3) is 14.3. The summed E-state index contributed by atoms with van der Waals surface area (Å²) >= 11 is 0. The topological polar surface area (TPSA) is 29.5 Å². The average Bonchev–Trinajstić information content (AvgIpc) is 2.47. The van der Waals surface area contributed by atoms with Crippen molar-refractivity contribution in [3.05, 3.63) is 0 Å². The molecule has 0 rings (SSSR count). The first-order valence-electron chi connectivity index (χ1n) is 9.07. The maximum absolute atomic E-state index is 9.24. The monoisotopic (exact) mass is 286 g/mol. The van der Waals surface area contributed by atoms with Crippen LogP contribution >= 0.6 is 0 Å². The summed E-state index contributed by atoms with van der Waals surface area (Å²) in [4.78, 5) is 0. The van der Waals surface area contributed by atoms with Crippen LogP contribution in [0, 0.1) is 0 Å². The van der Waals surface area contributed by atoms with Crippen molar-refractivity contribution in [2.24, 2.45) is 0 Å². The molecule has 0 aliphatic heterocycles. The summed E-state index contributed by atoms with van der Waals surface area (Å²) < 4.78 is 5.66. The van der Waals surface area contributed by atoms with Crippen molar-refractivity contribution in [1.29, 1.82) is 0 Å². The van der Waals surface area contributed by atoms with Crippen molar-refractivity contribution >= 4 is 0 Å². The van der Waals surface area contributed by atoms with Crippen LogP contribution in [0.4, 0.5) is 0 Å². The Kier molecular flexibility index (Phi) is 16.9. The standard InChI is InChI=1S/C18H38O2/c1-3-5-7-8-9-10-11-12-13-14-15-18(17-19)20-16-6-4-2/h18-19H,3-17H2,1-2H3. The lowest BCUT2D eigenvalue weighted by molar-refractivity contribution is 0.00549. The molecule has 1 N–H and O–H groups in total. The number of hydrogen-bond acceptors (Lipinski definition) is 2. The number of ether oxygens (including phenoxy) is 1. The molecule has 0 heterocycles. The summed E-state index contributed by atoms with van der Waals surface area (Å²) in [6.07, 6.45) is 17.0. The fraction of sp³-hybridized carbons (Fsp3) is 1.00. The number of unbranched alkanes of at least 4 members (excludes halogenated alkanes) is 10. The fourth-order valence-corrected chi connectivity index (χ4v) is 2.48. The molecule has 0 aliphatic carbocycles. The summed E-state index contributed by atoms with van der Waals surface area (Å²) in [5.41, 5.74) is 0. The molecule has 20 heavy (non-hydrogen) atoms. The van der Waals surface area contributed by atoms with E-state index in [-0.39, 0.29) is 12.7 Å². The van der Waals surface area contributed by atoms with Crippen LogP contribution in [0.1, 0.15) is 97.3 Å². The zero-order valence-electron chi connectivity index (χ0n) is 14.0. The fourth-order valence-electron chi connectivity index (χ4n) is 2.48. The van der Waals surface area contributed by atoms with Gasteiger partial charge in [-0.05, 0) is 12.8 Å². The Bertz CT molecular complexity index is 171. The lowest BCUT2D eigenvalue weighted by atomic mass is 10.0. The first-order chi connectivity index (χ1) is 9.85. The van der Waals surface area contributed by atoms with Gasteiger partial charge in [-0.2, -0.15) is 0 Å². The van der Waals surface area contributed by atoms with Gasteiger partial charge in [-0.1, -0.05) is 84.5 Å². The minimum atomic E-state index is 0.0793. The van der Waals surface area contributed by atoms with Crippen molar-refractivity contribution in [1.82, 2.24) is 0 Å². The first kappa shape index (κ1) is 19.9. The zero-order chi connectivity index (χ0) is 14.9. The van der Waals surface area contributed by atoms with Crippen LogP contribution in [0.5, 0.6) is 0 Å². The van der Waals surface area contributed by atoms with Gasteiger partial charge in [0.25, 0.3) is 0 Å². The van der Waals surface area contributed by atoms with E-state index in [4.69, 9.17) is 4.74 Å². The molecule has 1 unspecified atom stereocenters. The maximum Gasteiger partial charge on any atom is 0.0805 e. The lowest BCUT2D eigenvalue weighted by Gasteiger charge is -2.15. The van der Waals surface area contributed by atoms with Crippen molar-refractivity contribution in [3.63, 3.8) is 0 Å². The van der Waals surface area contributed by atoms with E-state index < -0.39 is 0 Å². The number of rotatable bonds is 16. The molecule has 0 amide bonds. The highest BCUT2D eigenvalue weighted by Crippen LogP contribution is 2.13. The molecule has 2 nitrogen and oxygen atoms in total. The number of aliphatic hydroxyl groups excluding tert-OH is 1. The molecular weight excluding hydrogens is 248 g/mol. The Morgan fingerprint density at radius 2 is 1.20 bits per heavy atom. The van der Waals surface area contributed by atoms with Crippen LogP contribution < -0.4 is 0 Å². The molecule has 0 aliphatic rings. The Labute approximate surface area is 127 Å². The van der Waals surface area contributed by atoms with Crippen LogP contribution in [-0.2, 0) is 4.74 Å². The molecule has 0 saturated carbocycles. The maximum atomic E-state index is 9.24. The van der Waals surface area contributed by atoms with Gasteiger partial charge < -0.3 is 9.84 Å². The van der Waals surface area contributed by atoms with E-state index in [0.717, 1.165) is 25.9 Å². The van der Waals surface area contributed by atoms with E-state index in [9.17, 15) is 5.11 Å². The second-order valence-electron chi connectivity index (χ2n) is 6.00. The summed E-state index contributed by atoms with van der Waals surface area (Å²) in [5.74, 6) is 0. The molecule has 0 radical (unpaired) electrons. The first-order valence-corrected chi connectivity index (χ1v) is 9.07. The Morgan fingerprint density at radius 3 is 1.70 bits per heavy atom. The van der Waals surface area contributed by atoms with Gasteiger partial charge in [0.05, 0.1) is 12.7 Å². The summed E-state index contributed by atoms with van der Waals surface area (Å²) in [6, 6.07) is 0. The SMILES string of the molecule is CCCCCCCCCCCCC(CO)OCCCC. The van der Waals surface area contributed by atoms with Gasteiger partial charge in [0, 0.05) is 6.61 Å². The van der Waals surface area contributed by atoms with Crippen molar-refractivity contribution in [3.8, 4) is 0 Å². The zero-order valence-corrected chi connectivity index (χ0v) is 14.0. The smallest absolute Gasteiger partial charge is 0.0805 e. The van der Waals surface area contributed by atoms with Crippen molar-refractivity contribution in [2.75, 3.05) is 13.2 Å². The number of hydrogen-bond donors (Lipinski definition) is 1. The third-order valence-electron chi connectivity index (χ3n) is 3.93. The van der Waals surface area contributed by atoms with E-state index in [0.29, 0.717) is 0 Å². The normalized spacial score (nSPS) is 12.8. The Hall–Kier alpha value is -0.0800. The third-order valence-corrected chi connectivity index (χ3v) is 3.93. The Balaban J connectivity index is 3.20. The predicted molar refractivity (Wildman–Crippen MR) is 88.2 cm³/mol. The van der Waals surface area contributed by atoms with Gasteiger partial charge in [-0.15, -0.1) is 0 Å². The molecule has 0 aromatic carbocycles. The highest BCUT2D eigenvalue weighted by atomic mass is 16.5. The number of aliphatic hydroxyl groups is 1. The molecule has 2 heteroatoms. The highest BCUT2D eigenvalue weighted by Gasteiger charge is 2.06. The average molecular weight is 286 g/mol. The largest absolute Gasteiger partial charge is 0.394 e. The molecule has 0 fully saturated rings. The van der Waals surface area contributed by atoms with E-state index in [1.807, 2.05) is 0 Å². The van der Waals surface area contributed by atoms with Gasteiger partial charge in [0.1, 0.15) is 0 Å². The van der Waals surface area contributed by atoms with Crippen LogP contribution in [0.15, 0.2) is 0 Å². The summed E-state index contributed by atoms with van der Waals surface area (Å²) in [5, 5.41) is 9.24. The van der Waals surface area contributed by atoms with Gasteiger partial charge >= 0.3 is 0 Å². The molecule has 1 atom stereocenters. The predicted octanol–water partition coefficient (Wildman–Crippen LogP) is 5.48. The highest BCUT2D eigenvalue weighted by molar-refractivity contribution is 4.57. The second kappa shape index (κ2) is 17.0. The Morgan fingerprint density at radius 1 is 0.700 bits per heavy atom. The molecule has 0 bridgehead atoms. The van der Waals surface area contributed by atoms with E-state index in [1.54, 1.807) is 0 Å². The molecule has 122 valence electrons. The molecular formula is C18H38O2. The van der Waals surface area contributed by atoms with Crippen LogP contribution in [-0.4, -0.2) is 24.4 Å². The van der Waals surface area contributed by atoms with Crippen molar-refractivity contribution < 1.29 is 9.84 Å². The molecule has 0 aromatic heterocycles. The second-order valence-corrected chi connectivity index (χ2v) is 6.00. The van der Waals surface area contributed by atoms with Crippen LogP contribution in [0.25, 0.3) is 0 Å². The van der Waals surface area contributed by atoms with Gasteiger partial charge in [0.2, 0.25) is 0 Å². The van der Waals surface area contributed by atoms with E-state index in [2.05, 4.69) is 13.8 Å². The van der Waals surface area contributed by atoms with Crippen LogP contribution in [0.2, 0.25) is 0 Å². The lowest BCUT2D eigenvalue weighted by Crippen LogP contribution is -2.18. The van der Waals surface area contributed by atoms with Crippen LogP contribution in [0.3, 0.4) is 0 Å². The molecule has 0 saturated heterocycles. The van der Waals surface area contributed by atoms with Crippen molar-refractivity contribution in [2.45, 2.75) is 103 Å². The van der Waals surface area contributed by atoms with Gasteiger partial charge in [0.15, 0.2) is 0 Å². The van der Waals surface area contributed by atoms with E-state index >= 15 is 0 Å². The summed E-state index contributed by atoms with van der Waals surface area (Å²) in [6.45, 7) is 5.42. The van der Waals surface area contributed by atoms with Gasteiger partial charge in [-0.25, -0.2) is 0 Å². The quantitative estimate of drug-likeness (QED) is 0.381. The molecule has 0 aromatic rings. The van der Waals surface area contributed by atoms with Gasteiger partial charge in [-0.3, -0.25) is 0 Å². The minimum Gasteiger partial charge on any atom is -0.394 e. The summed E-state index contributed by atoms with van der Waals surface area (Å²) in [7, 11) is 0. The van der Waals surface area contributed by atoms with E-state index in [1.165, 1.54) is 64.2 Å².